The van der Waals surface area contributed by atoms with Gasteiger partial charge in [0.05, 0.1) is 19.8 Å². The Morgan fingerprint density at radius 2 is 0.816 bits per heavy atom. The fraction of sp³-hybridized carbons (Fsp3) is 0.670. The summed E-state index contributed by atoms with van der Waals surface area (Å²) >= 11 is 0. The molecule has 17 atom stereocenters. The van der Waals surface area contributed by atoms with Crippen molar-refractivity contribution in [1.82, 2.24) is 31.9 Å². The molecule has 2 heterocycles. The van der Waals surface area contributed by atoms with Crippen molar-refractivity contribution in [2.24, 2.45) is 5.73 Å². The molecule has 34 heteroatoms. The van der Waals surface area contributed by atoms with Crippen molar-refractivity contribution in [2.45, 2.75) is 370 Å². The van der Waals surface area contributed by atoms with Crippen molar-refractivity contribution >= 4 is 63.0 Å². The van der Waals surface area contributed by atoms with Crippen LogP contribution in [-0.2, 0) is 79.8 Å². The molecule has 0 saturated carbocycles. The van der Waals surface area contributed by atoms with Gasteiger partial charge in [-0.25, -0.2) is 13.9 Å². The van der Waals surface area contributed by atoms with Crippen LogP contribution in [0, 0.1) is 0 Å². The van der Waals surface area contributed by atoms with Gasteiger partial charge in [-0.3, -0.25) is 42.6 Å². The molecule has 0 aromatic carbocycles. The number of allylic oxidation sites excluding steroid dienone is 21. The lowest BCUT2D eigenvalue weighted by Gasteiger charge is -2.49. The Labute approximate surface area is 741 Å². The minimum atomic E-state index is -5.93. The van der Waals surface area contributed by atoms with Crippen LogP contribution in [-0.4, -0.2) is 206 Å². The Morgan fingerprint density at radius 1 is 0.424 bits per heavy atom. The topological polar surface area (TPSA) is 495 Å². The fourth-order valence-electron chi connectivity index (χ4n) is 13.6. The average Bonchev–Trinajstić information content (AvgIpc) is 0.766. The number of unbranched alkanes of at least 4 members (excludes halogenated alkanes) is 1. The third kappa shape index (κ3) is 49.2. The van der Waals surface area contributed by atoms with Crippen LogP contribution in [0.15, 0.2) is 128 Å². The maximum atomic E-state index is 14.1. The lowest BCUT2D eigenvalue weighted by Crippen LogP contribution is -2.70. The van der Waals surface area contributed by atoms with Gasteiger partial charge in [0.15, 0.2) is 12.6 Å². The average molecular weight is 1810 g/mol. The summed E-state index contributed by atoms with van der Waals surface area (Å²) < 4.78 is 66.2. The molecule has 2 aliphatic rings. The van der Waals surface area contributed by atoms with E-state index in [-0.39, 0.29) is 13.0 Å². The van der Waals surface area contributed by atoms with Gasteiger partial charge in [0.25, 0.3) is 0 Å². The summed E-state index contributed by atoms with van der Waals surface area (Å²) in [6, 6.07) is -9.63. The van der Waals surface area contributed by atoms with Crippen molar-refractivity contribution in [2.75, 3.05) is 26.4 Å². The number of nitrogens with one attached hydrogen (secondary N) is 6. The van der Waals surface area contributed by atoms with Crippen LogP contribution in [0.2, 0.25) is 0 Å². The van der Waals surface area contributed by atoms with E-state index in [2.05, 4.69) is 166 Å². The summed E-state index contributed by atoms with van der Waals surface area (Å²) in [7, 11) is -11.5. The first kappa shape index (κ1) is 114. The second-order valence-corrected chi connectivity index (χ2v) is 36.5. The highest BCUT2D eigenvalue weighted by Crippen LogP contribution is 2.61. The van der Waals surface area contributed by atoms with Crippen LogP contribution in [0.1, 0.15) is 278 Å². The first-order valence-corrected chi connectivity index (χ1v) is 46.8. The highest BCUT2D eigenvalue weighted by molar-refractivity contribution is 7.61. The van der Waals surface area contributed by atoms with E-state index in [0.29, 0.717) is 25.7 Å². The van der Waals surface area contributed by atoms with Crippen molar-refractivity contribution in [1.29, 1.82) is 0 Å². The highest BCUT2D eigenvalue weighted by atomic mass is 31.3. The molecule has 125 heavy (non-hydrogen) atoms. The number of aliphatic hydroxyl groups is 4. The number of amides is 6. The van der Waals surface area contributed by atoms with Gasteiger partial charge in [-0.2, -0.15) is 4.31 Å². The van der Waals surface area contributed by atoms with Crippen LogP contribution >= 0.6 is 15.6 Å². The first-order chi connectivity index (χ1) is 58.8. The molecule has 6 amide bonds. The number of hydrogen-bond acceptors (Lipinski definition) is 22. The first-order valence-electron chi connectivity index (χ1n) is 43.8. The number of carbonyl (C=O) groups excluding carboxylic acids is 6. The molecule has 16 N–H and O–H groups in total. The van der Waals surface area contributed by atoms with Crippen LogP contribution in [0.5, 0.6) is 0 Å². The molecule has 2 rings (SSSR count). The smallest absolute Gasteiger partial charge is 0.480 e. The van der Waals surface area contributed by atoms with Gasteiger partial charge < -0.3 is 97.0 Å². The number of aliphatic hydroxyl groups excluding tert-OH is 4. The molecular weight excluding hydrogens is 1650 g/mol. The van der Waals surface area contributed by atoms with E-state index < -0.39 is 187 Å². The predicted octanol–water partition coefficient (Wildman–Crippen LogP) is 12.9. The molecule has 710 valence electrons. The van der Waals surface area contributed by atoms with Crippen LogP contribution < -0.4 is 37.6 Å². The zero-order chi connectivity index (χ0) is 94.1. The van der Waals surface area contributed by atoms with Gasteiger partial charge in [0.1, 0.15) is 79.0 Å². The van der Waals surface area contributed by atoms with Crippen molar-refractivity contribution in [3.05, 3.63) is 128 Å². The summed E-state index contributed by atoms with van der Waals surface area (Å²) in [6.07, 6.45) is 27.4. The summed E-state index contributed by atoms with van der Waals surface area (Å²) in [6.45, 7) is 28.9. The number of nitrogens with two attached hydrogens (primary N) is 1. The zero-order valence-electron chi connectivity index (χ0n) is 77.0. The molecule has 2 aliphatic heterocycles. The van der Waals surface area contributed by atoms with Gasteiger partial charge in [0, 0.05) is 20.3 Å². The largest absolute Gasteiger partial charge is 0.483 e. The second kappa shape index (κ2) is 61.3. The zero-order valence-corrected chi connectivity index (χ0v) is 78.8. The lowest BCUT2D eigenvalue weighted by molar-refractivity contribution is -0.331. The number of carbonyl (C=O) groups is 8. The molecule has 0 aromatic rings. The van der Waals surface area contributed by atoms with Gasteiger partial charge in [-0.1, -0.05) is 128 Å². The Kier molecular flexibility index (Phi) is 55.9. The van der Waals surface area contributed by atoms with Crippen molar-refractivity contribution in [3.8, 4) is 0 Å². The molecule has 0 radical (unpaired) electrons. The summed E-state index contributed by atoms with van der Waals surface area (Å²) in [5.41, 5.74) is 20.4. The fourth-order valence-corrected chi connectivity index (χ4v) is 15.7. The molecule has 2 saturated heterocycles. The van der Waals surface area contributed by atoms with Crippen LogP contribution in [0.3, 0.4) is 0 Å². The SMILES string of the molecule is CC(=O)N[C@H]1[C@H](O[C@H]2[C@H](O[C@H](C)C(=O)N[C@@H](C)C(=O)N[C@H](CCC(=O)N[C@@H](CCCCN)C(=O)N[C@H](C)C(=O)O)C(=O)O)[C@@H](NC(C)=O)[C@@H](OP(=O)(O)OP(=O)(O)OC/C=C(/C)CC/C=C(/C)CC/C=C(/C)CC/C=C(/C)CC/C=C(/C)CC/C=C(/C)CC/C=C(/C)CC/C=C(/C)CC/C=C(\C)CC/C=C(\C)CCC=C(C)C)O[C@@H]2CO)O[C@H](CO)[C@@H](O)[C@@H]1O. The Balaban J connectivity index is 2.06. The summed E-state index contributed by atoms with van der Waals surface area (Å²) in [4.78, 5) is 125. The van der Waals surface area contributed by atoms with Crippen molar-refractivity contribution < 1.29 is 120 Å². The van der Waals surface area contributed by atoms with E-state index in [1.54, 1.807) is 6.92 Å². The van der Waals surface area contributed by atoms with E-state index in [9.17, 15) is 87.9 Å². The third-order valence-electron chi connectivity index (χ3n) is 21.3. The number of carboxylic acids is 2. The van der Waals surface area contributed by atoms with E-state index >= 15 is 0 Å². The maximum Gasteiger partial charge on any atom is 0.483 e. The van der Waals surface area contributed by atoms with E-state index in [1.165, 1.54) is 68.7 Å². The van der Waals surface area contributed by atoms with E-state index in [1.807, 2.05) is 6.92 Å². The number of carboxylic acid groups (broad SMARTS) is 2. The summed E-state index contributed by atoms with van der Waals surface area (Å²) in [5, 5.41) is 76.2. The number of hydrogen-bond donors (Lipinski definition) is 15. The number of phosphoric ester groups is 2. The van der Waals surface area contributed by atoms with Gasteiger partial charge in [-0.15, -0.1) is 0 Å². The molecule has 0 bridgehead atoms. The standard InChI is InChI=1S/C91H151N7O25P2/c1-58(2)30-20-31-59(3)32-21-33-60(4)34-22-35-61(5)36-23-37-62(6)38-24-39-63(7)40-25-41-64(8)42-26-43-65(9)44-27-45-66(10)46-28-47-67(11)48-29-49-68(12)53-55-117-124(113,114)123-125(115,116)122-91-80(96-73(17)102)84(83(77(57-100)120-91)121-90-79(95-72(16)101)82(105)81(104)76(56-99)119-90)118-71(15)86(107)93-69(13)85(106)98-75(89(111)112)51-52-78(103)97-74(50-18-19-54-92)87(108)94-70(14)88(109)110/h30,32,34,36,38,40,42,44,46,48,53,69-71,74-77,79-84,90-91,99-100,104-105H,18-29,31,33,35,37,39,41,43,45,47,49-52,54-57,92H2,1-17H3,(H,93,107)(H,94,108)(H,95,101)(H,96,102)(H,97,103)(H,98,106)(H,109,110)(H,111,112)(H,113,114)(H,115,116)/b59-32+,60-34+,61-36-,62-38-,63-40-,64-42-,65-44-,66-46-,67-48-,68-53-/t69-,70+,71+,74-,75+,76+,77+,79+,80+,81+,82+,83+,84+,90-,91+/m0/s1. The number of aliphatic carboxylic acids is 2. The monoisotopic (exact) mass is 1800 g/mol. The van der Waals surface area contributed by atoms with Gasteiger partial charge >= 0.3 is 27.6 Å². The molecule has 2 unspecified atom stereocenters. The van der Waals surface area contributed by atoms with Crippen LogP contribution in [0.4, 0.5) is 0 Å². The molecule has 32 nitrogen and oxygen atoms in total. The van der Waals surface area contributed by atoms with Crippen molar-refractivity contribution in [3.63, 3.8) is 0 Å². The number of ether oxygens (including phenoxy) is 4. The normalized spacial score (nSPS) is 22.7. The number of rotatable bonds is 61. The molecular formula is C91H151N7O25P2. The molecule has 0 spiro atoms. The minimum Gasteiger partial charge on any atom is -0.480 e. The quantitative estimate of drug-likeness (QED) is 0.0153. The summed E-state index contributed by atoms with van der Waals surface area (Å²) in [5.74, 6) is -8.68. The highest BCUT2D eigenvalue weighted by Gasteiger charge is 2.55. The molecule has 0 aliphatic carbocycles. The molecule has 2 fully saturated rings. The van der Waals surface area contributed by atoms with E-state index in [0.717, 1.165) is 149 Å². The number of phosphoric acid groups is 2. The third-order valence-corrected chi connectivity index (χ3v) is 23.9. The van der Waals surface area contributed by atoms with Crippen LogP contribution in [0.25, 0.3) is 0 Å². The Morgan fingerprint density at radius 3 is 1.20 bits per heavy atom. The van der Waals surface area contributed by atoms with Gasteiger partial charge in [-0.05, 0) is 265 Å². The maximum absolute atomic E-state index is 14.1. The lowest BCUT2D eigenvalue weighted by atomic mass is 9.94. The molecule has 0 aromatic heterocycles. The minimum absolute atomic E-state index is 0.0516. The van der Waals surface area contributed by atoms with E-state index in [4.69, 9.17) is 33.7 Å². The Bertz CT molecular complexity index is 3880. The predicted molar refractivity (Wildman–Crippen MR) is 482 cm³/mol. The Hall–Kier alpha value is -7.20. The van der Waals surface area contributed by atoms with Gasteiger partial charge in [0.2, 0.25) is 35.4 Å². The second-order valence-electron chi connectivity index (χ2n) is 33.5.